The Morgan fingerprint density at radius 1 is 1.23 bits per heavy atom. The molecule has 35 heavy (non-hydrogen) atoms. The summed E-state index contributed by atoms with van der Waals surface area (Å²) in [4.78, 5) is 28.6. The van der Waals surface area contributed by atoms with Gasteiger partial charge in [0.1, 0.15) is 5.75 Å². The highest BCUT2D eigenvalue weighted by Gasteiger charge is 2.23. The lowest BCUT2D eigenvalue weighted by molar-refractivity contribution is -0.119. The van der Waals surface area contributed by atoms with Gasteiger partial charge in [-0.15, -0.1) is 11.3 Å². The van der Waals surface area contributed by atoms with Crippen LogP contribution in [-0.2, 0) is 9.59 Å². The molecule has 8 nitrogen and oxygen atoms in total. The summed E-state index contributed by atoms with van der Waals surface area (Å²) in [6, 6.07) is 11.2. The summed E-state index contributed by atoms with van der Waals surface area (Å²) in [6.07, 6.45) is 3.86. The number of nitrogens with zero attached hydrogens (tertiary/aromatic N) is 1. The van der Waals surface area contributed by atoms with Crippen LogP contribution in [-0.4, -0.2) is 37.1 Å². The van der Waals surface area contributed by atoms with E-state index in [0.29, 0.717) is 36.3 Å². The first-order chi connectivity index (χ1) is 17.0. The third kappa shape index (κ3) is 5.99. The van der Waals surface area contributed by atoms with Crippen LogP contribution in [0.1, 0.15) is 37.4 Å². The van der Waals surface area contributed by atoms with Crippen molar-refractivity contribution in [1.82, 2.24) is 10.3 Å². The van der Waals surface area contributed by atoms with E-state index in [2.05, 4.69) is 15.6 Å². The number of methoxy groups -OCH3 is 1. The highest BCUT2D eigenvalue weighted by molar-refractivity contribution is 7.14. The largest absolute Gasteiger partial charge is 0.493 e. The Morgan fingerprint density at radius 2 is 2.09 bits per heavy atom. The first kappa shape index (κ1) is 24.3. The van der Waals surface area contributed by atoms with Crippen molar-refractivity contribution in [3.05, 3.63) is 59.0 Å². The van der Waals surface area contributed by atoms with Crippen molar-refractivity contribution in [3.8, 4) is 28.5 Å². The van der Waals surface area contributed by atoms with Gasteiger partial charge >= 0.3 is 0 Å². The molecule has 9 heteroatoms. The molecule has 0 bridgehead atoms. The zero-order chi connectivity index (χ0) is 24.8. The second-order valence-corrected chi connectivity index (χ2v) is 8.70. The van der Waals surface area contributed by atoms with Gasteiger partial charge in [-0.1, -0.05) is 6.07 Å². The highest BCUT2D eigenvalue weighted by Crippen LogP contribution is 2.36. The summed E-state index contributed by atoms with van der Waals surface area (Å²) in [7, 11) is 1.58. The molecule has 1 aromatic heterocycles. The number of carbonyl (C=O) groups is 2. The van der Waals surface area contributed by atoms with Crippen LogP contribution in [0, 0.1) is 0 Å². The molecule has 2 heterocycles. The first-order valence-corrected chi connectivity index (χ1v) is 12.1. The van der Waals surface area contributed by atoms with Gasteiger partial charge in [0.25, 0.3) is 0 Å². The average molecular weight is 494 g/mol. The Kier molecular flexibility index (Phi) is 7.67. The molecule has 2 N–H and O–H groups in total. The molecular formula is C26H27N3O5S. The fourth-order valence-electron chi connectivity index (χ4n) is 3.79. The minimum Gasteiger partial charge on any atom is -0.493 e. The van der Waals surface area contributed by atoms with Crippen LogP contribution < -0.4 is 24.8 Å². The van der Waals surface area contributed by atoms with Crippen LogP contribution in [0.25, 0.3) is 17.3 Å². The molecule has 1 atom stereocenters. The molecule has 0 spiro atoms. The van der Waals surface area contributed by atoms with Crippen molar-refractivity contribution in [2.24, 2.45) is 0 Å². The summed E-state index contributed by atoms with van der Waals surface area (Å²) in [6.45, 7) is 4.51. The maximum absolute atomic E-state index is 12.4. The molecular weight excluding hydrogens is 466 g/mol. The Bertz CT molecular complexity index is 1250. The van der Waals surface area contributed by atoms with Gasteiger partial charge in [0.05, 0.1) is 32.1 Å². The van der Waals surface area contributed by atoms with Gasteiger partial charge in [-0.05, 0) is 48.9 Å². The normalized spacial score (nSPS) is 14.7. The number of hydrogen-bond acceptors (Lipinski definition) is 7. The van der Waals surface area contributed by atoms with Crippen LogP contribution in [0.2, 0.25) is 0 Å². The number of hydrogen-bond donors (Lipinski definition) is 2. The van der Waals surface area contributed by atoms with Crippen molar-refractivity contribution in [2.45, 2.75) is 26.3 Å². The maximum Gasteiger partial charge on any atom is 0.250 e. The number of aromatic nitrogens is 1. The van der Waals surface area contributed by atoms with Crippen molar-refractivity contribution in [3.63, 3.8) is 0 Å². The van der Waals surface area contributed by atoms with Gasteiger partial charge in [-0.25, -0.2) is 4.98 Å². The minimum atomic E-state index is -0.289. The van der Waals surface area contributed by atoms with E-state index >= 15 is 0 Å². The molecule has 0 saturated heterocycles. The molecule has 3 aromatic rings. The fourth-order valence-corrected chi connectivity index (χ4v) is 4.52. The Hall–Kier alpha value is -3.85. The number of carbonyl (C=O) groups excluding carboxylic acids is 2. The topological polar surface area (TPSA) is 98.8 Å². The Balaban J connectivity index is 1.44. The monoisotopic (exact) mass is 493 g/mol. The highest BCUT2D eigenvalue weighted by atomic mass is 32.1. The number of anilines is 1. The summed E-state index contributed by atoms with van der Waals surface area (Å²) in [5.41, 5.74) is 3.36. The van der Waals surface area contributed by atoms with Gasteiger partial charge in [-0.3, -0.25) is 14.9 Å². The summed E-state index contributed by atoms with van der Waals surface area (Å²) in [5, 5.41) is 8.16. The second-order valence-electron chi connectivity index (χ2n) is 7.85. The molecule has 182 valence electrons. The SMILES string of the molecule is CCOc1ccc(/C=C/C(=O)Nc2nc(-c3ccc4c(c3)C(NC(C)=O)CCO4)cs2)cc1OC. The van der Waals surface area contributed by atoms with Crippen molar-refractivity contribution < 1.29 is 23.8 Å². The zero-order valence-corrected chi connectivity index (χ0v) is 20.6. The number of rotatable bonds is 8. The van der Waals surface area contributed by atoms with E-state index in [9.17, 15) is 9.59 Å². The number of benzene rings is 2. The number of ether oxygens (including phenoxy) is 3. The molecule has 0 saturated carbocycles. The van der Waals surface area contributed by atoms with Gasteiger partial charge in [0.15, 0.2) is 16.6 Å². The molecule has 1 unspecified atom stereocenters. The number of fused-ring (bicyclic) bond motifs is 1. The smallest absolute Gasteiger partial charge is 0.250 e. The summed E-state index contributed by atoms with van der Waals surface area (Å²) in [5.74, 6) is 1.66. The predicted molar refractivity (Wildman–Crippen MR) is 136 cm³/mol. The van der Waals surface area contributed by atoms with Crippen molar-refractivity contribution >= 4 is 34.4 Å². The van der Waals surface area contributed by atoms with E-state index in [4.69, 9.17) is 14.2 Å². The second kappa shape index (κ2) is 11.1. The average Bonchev–Trinajstić information content (AvgIpc) is 3.31. The van der Waals surface area contributed by atoms with E-state index in [0.717, 1.165) is 28.1 Å². The van der Waals surface area contributed by atoms with Crippen LogP contribution in [0.5, 0.6) is 17.2 Å². The van der Waals surface area contributed by atoms with Crippen LogP contribution in [0.4, 0.5) is 5.13 Å². The number of amides is 2. The molecule has 0 fully saturated rings. The lowest BCUT2D eigenvalue weighted by Gasteiger charge is -2.26. The van der Waals surface area contributed by atoms with E-state index in [-0.39, 0.29) is 17.9 Å². The molecule has 0 aliphatic carbocycles. The third-order valence-corrected chi connectivity index (χ3v) is 6.13. The van der Waals surface area contributed by atoms with Crippen LogP contribution in [0.3, 0.4) is 0 Å². The van der Waals surface area contributed by atoms with Crippen LogP contribution >= 0.6 is 11.3 Å². The Labute approximate surface area is 207 Å². The van der Waals surface area contributed by atoms with E-state index in [1.54, 1.807) is 13.2 Å². The molecule has 2 aromatic carbocycles. The van der Waals surface area contributed by atoms with E-state index in [1.807, 2.05) is 48.7 Å². The van der Waals surface area contributed by atoms with Crippen LogP contribution in [0.15, 0.2) is 47.9 Å². The minimum absolute atomic E-state index is 0.0800. The fraction of sp³-hybridized carbons (Fsp3) is 0.269. The third-order valence-electron chi connectivity index (χ3n) is 5.37. The van der Waals surface area contributed by atoms with Gasteiger partial charge in [-0.2, -0.15) is 0 Å². The molecule has 0 radical (unpaired) electrons. The van der Waals surface area contributed by atoms with Crippen molar-refractivity contribution in [1.29, 1.82) is 0 Å². The summed E-state index contributed by atoms with van der Waals surface area (Å²) >= 11 is 1.34. The van der Waals surface area contributed by atoms with Crippen molar-refractivity contribution in [2.75, 3.05) is 25.6 Å². The van der Waals surface area contributed by atoms with E-state index < -0.39 is 0 Å². The van der Waals surface area contributed by atoms with Gasteiger partial charge in [0, 0.05) is 35.9 Å². The zero-order valence-electron chi connectivity index (χ0n) is 19.8. The first-order valence-electron chi connectivity index (χ1n) is 11.3. The number of nitrogens with one attached hydrogen (secondary N) is 2. The van der Waals surface area contributed by atoms with Gasteiger partial charge in [0.2, 0.25) is 11.8 Å². The maximum atomic E-state index is 12.4. The molecule has 1 aliphatic rings. The molecule has 4 rings (SSSR count). The lowest BCUT2D eigenvalue weighted by Crippen LogP contribution is -2.30. The summed E-state index contributed by atoms with van der Waals surface area (Å²) < 4.78 is 16.6. The Morgan fingerprint density at radius 3 is 2.86 bits per heavy atom. The number of thiazole rings is 1. The van der Waals surface area contributed by atoms with E-state index in [1.165, 1.54) is 24.3 Å². The standard InChI is InChI=1S/C26H27N3O5S/c1-4-33-23-8-5-17(13-24(23)32-3)6-10-25(31)29-26-28-21(15-35-26)18-7-9-22-19(14-18)20(11-12-34-22)27-16(2)30/h5-10,13-15,20H,4,11-12H2,1-3H3,(H,27,30)(H,28,29,31)/b10-6+. The quantitative estimate of drug-likeness (QED) is 0.436. The predicted octanol–water partition coefficient (Wildman–Crippen LogP) is 4.83. The van der Waals surface area contributed by atoms with Gasteiger partial charge < -0.3 is 19.5 Å². The molecule has 2 amide bonds. The lowest BCUT2D eigenvalue weighted by atomic mass is 9.97. The molecule has 1 aliphatic heterocycles.